The maximum atomic E-state index is 10.5. The first kappa shape index (κ1) is 10.7. The van der Waals surface area contributed by atoms with E-state index >= 15 is 0 Å². The Hall–Kier alpha value is -1.81. The molecule has 0 fully saturated rings. The van der Waals surface area contributed by atoms with Crippen LogP contribution in [0.1, 0.15) is 12.0 Å². The fourth-order valence-electron chi connectivity index (χ4n) is 1.67. The van der Waals surface area contributed by atoms with Crippen LogP contribution in [0.2, 0.25) is 0 Å². The number of hydrogen-bond donors (Lipinski definition) is 2. The first-order chi connectivity index (χ1) is 7.66. The number of rotatable bonds is 3. The summed E-state index contributed by atoms with van der Waals surface area (Å²) in [6.45, 7) is 0.367. The van der Waals surface area contributed by atoms with E-state index in [4.69, 9.17) is 15.6 Å². The van der Waals surface area contributed by atoms with Crippen molar-refractivity contribution < 1.29 is 14.6 Å². The van der Waals surface area contributed by atoms with Gasteiger partial charge in [0.05, 0.1) is 6.42 Å². The summed E-state index contributed by atoms with van der Waals surface area (Å²) in [5.74, 6) is -0.0824. The van der Waals surface area contributed by atoms with Crippen molar-refractivity contribution in [3.63, 3.8) is 0 Å². The van der Waals surface area contributed by atoms with Gasteiger partial charge in [0.2, 0.25) is 0 Å². The monoisotopic (exact) mass is 219 g/mol. The summed E-state index contributed by atoms with van der Waals surface area (Å²) in [6.07, 6.45) is 1.84. The third-order valence-corrected chi connectivity index (χ3v) is 2.53. The van der Waals surface area contributed by atoms with Crippen molar-refractivity contribution in [3.05, 3.63) is 35.4 Å². The molecular formula is C12H13NO3. The normalized spacial score (nSPS) is 15.7. The van der Waals surface area contributed by atoms with E-state index in [0.717, 1.165) is 16.9 Å². The second kappa shape index (κ2) is 4.37. The third kappa shape index (κ3) is 2.23. The van der Waals surface area contributed by atoms with Crippen LogP contribution in [-0.2, 0) is 4.79 Å². The van der Waals surface area contributed by atoms with E-state index < -0.39 is 12.0 Å². The Balaban J connectivity index is 2.20. The van der Waals surface area contributed by atoms with Gasteiger partial charge >= 0.3 is 5.97 Å². The average Bonchev–Trinajstić information content (AvgIpc) is 2.27. The molecule has 3 N–H and O–H groups in total. The van der Waals surface area contributed by atoms with Crippen LogP contribution in [0.15, 0.2) is 29.8 Å². The molecule has 0 saturated carbocycles. The zero-order chi connectivity index (χ0) is 11.5. The zero-order valence-corrected chi connectivity index (χ0v) is 8.72. The highest BCUT2D eigenvalue weighted by Gasteiger charge is 2.18. The summed E-state index contributed by atoms with van der Waals surface area (Å²) >= 11 is 0. The number of carboxylic acid groups (broad SMARTS) is 1. The van der Waals surface area contributed by atoms with Gasteiger partial charge in [-0.1, -0.05) is 18.2 Å². The van der Waals surface area contributed by atoms with E-state index in [1.165, 1.54) is 0 Å². The molecule has 1 heterocycles. The maximum Gasteiger partial charge on any atom is 0.305 e. The largest absolute Gasteiger partial charge is 0.489 e. The van der Waals surface area contributed by atoms with Crippen LogP contribution in [-0.4, -0.2) is 23.7 Å². The first-order valence-electron chi connectivity index (χ1n) is 5.06. The van der Waals surface area contributed by atoms with E-state index in [-0.39, 0.29) is 6.42 Å². The minimum Gasteiger partial charge on any atom is -0.489 e. The quantitative estimate of drug-likeness (QED) is 0.802. The smallest absolute Gasteiger partial charge is 0.305 e. The highest BCUT2D eigenvalue weighted by molar-refractivity contribution is 5.70. The Morgan fingerprint density at radius 1 is 1.50 bits per heavy atom. The van der Waals surface area contributed by atoms with Crippen molar-refractivity contribution in [1.82, 2.24) is 0 Å². The lowest BCUT2D eigenvalue weighted by Gasteiger charge is -2.21. The summed E-state index contributed by atoms with van der Waals surface area (Å²) < 4.78 is 5.50. The predicted octanol–water partition coefficient (Wildman–Crippen LogP) is 1.26. The summed E-state index contributed by atoms with van der Waals surface area (Å²) in [6, 6.07) is 7.12. The van der Waals surface area contributed by atoms with Crippen LogP contribution < -0.4 is 10.5 Å². The molecule has 1 atom stereocenters. The number of aliphatic carboxylic acids is 1. The third-order valence-electron chi connectivity index (χ3n) is 2.53. The molecule has 0 aliphatic carbocycles. The molecular weight excluding hydrogens is 206 g/mol. The number of fused-ring (bicyclic) bond motifs is 1. The second-order valence-electron chi connectivity index (χ2n) is 3.75. The number of ether oxygens (including phenoxy) is 1. The summed E-state index contributed by atoms with van der Waals surface area (Å²) in [7, 11) is 0. The second-order valence-corrected chi connectivity index (χ2v) is 3.75. The number of benzene rings is 1. The van der Waals surface area contributed by atoms with Gasteiger partial charge in [0.1, 0.15) is 12.4 Å². The molecule has 16 heavy (non-hydrogen) atoms. The molecule has 1 aliphatic heterocycles. The molecule has 0 bridgehead atoms. The van der Waals surface area contributed by atoms with Crippen molar-refractivity contribution in [3.8, 4) is 5.75 Å². The van der Waals surface area contributed by atoms with Crippen molar-refractivity contribution in [2.45, 2.75) is 12.5 Å². The van der Waals surface area contributed by atoms with Gasteiger partial charge in [0, 0.05) is 11.6 Å². The van der Waals surface area contributed by atoms with E-state index in [0.29, 0.717) is 6.61 Å². The van der Waals surface area contributed by atoms with Crippen LogP contribution in [0.4, 0.5) is 0 Å². The molecule has 2 rings (SSSR count). The molecule has 4 nitrogen and oxygen atoms in total. The lowest BCUT2D eigenvalue weighted by Crippen LogP contribution is -2.30. The molecule has 1 aliphatic rings. The molecule has 0 saturated heterocycles. The van der Waals surface area contributed by atoms with Crippen LogP contribution in [0, 0.1) is 0 Å². The highest BCUT2D eigenvalue weighted by Crippen LogP contribution is 2.26. The summed E-state index contributed by atoms with van der Waals surface area (Å²) in [4.78, 5) is 10.5. The summed E-state index contributed by atoms with van der Waals surface area (Å²) in [5.41, 5.74) is 7.55. The van der Waals surface area contributed by atoms with Crippen molar-refractivity contribution >= 4 is 12.0 Å². The molecule has 0 radical (unpaired) electrons. The average molecular weight is 219 g/mol. The molecule has 4 heteroatoms. The Morgan fingerprint density at radius 3 is 3.00 bits per heavy atom. The Bertz CT molecular complexity index is 440. The standard InChI is InChI=1S/C12H13NO3/c13-10(6-12(14)15)9-5-8-3-1-2-4-11(8)16-7-9/h1-5,10H,6-7,13H2,(H,14,15). The predicted molar refractivity (Wildman–Crippen MR) is 60.1 cm³/mol. The van der Waals surface area contributed by atoms with Crippen LogP contribution >= 0.6 is 0 Å². The Morgan fingerprint density at radius 2 is 2.25 bits per heavy atom. The van der Waals surface area contributed by atoms with Gasteiger partial charge in [-0.25, -0.2) is 0 Å². The van der Waals surface area contributed by atoms with Gasteiger partial charge in [-0.3, -0.25) is 4.79 Å². The van der Waals surface area contributed by atoms with E-state index in [1.807, 2.05) is 30.3 Å². The van der Waals surface area contributed by atoms with Gasteiger partial charge in [-0.05, 0) is 17.7 Å². The Labute approximate surface area is 93.3 Å². The molecule has 1 aromatic rings. The lowest BCUT2D eigenvalue weighted by atomic mass is 10.00. The minimum atomic E-state index is -0.896. The fourth-order valence-corrected chi connectivity index (χ4v) is 1.67. The van der Waals surface area contributed by atoms with E-state index in [2.05, 4.69) is 0 Å². The topological polar surface area (TPSA) is 72.6 Å². The van der Waals surface area contributed by atoms with E-state index in [1.54, 1.807) is 0 Å². The molecule has 0 spiro atoms. The van der Waals surface area contributed by atoms with Crippen molar-refractivity contribution in [1.29, 1.82) is 0 Å². The number of carbonyl (C=O) groups is 1. The van der Waals surface area contributed by atoms with Gasteiger partial charge < -0.3 is 15.6 Å². The van der Waals surface area contributed by atoms with Gasteiger partial charge in [-0.2, -0.15) is 0 Å². The van der Waals surface area contributed by atoms with Gasteiger partial charge in [0.15, 0.2) is 0 Å². The first-order valence-corrected chi connectivity index (χ1v) is 5.06. The molecule has 0 aromatic heterocycles. The van der Waals surface area contributed by atoms with Crippen LogP contribution in [0.3, 0.4) is 0 Å². The maximum absolute atomic E-state index is 10.5. The molecule has 1 aromatic carbocycles. The van der Waals surface area contributed by atoms with Crippen LogP contribution in [0.25, 0.3) is 6.08 Å². The number of hydrogen-bond acceptors (Lipinski definition) is 3. The SMILES string of the molecule is NC(CC(=O)O)C1=Cc2ccccc2OC1. The molecule has 84 valence electrons. The number of nitrogens with two attached hydrogens (primary N) is 1. The molecule has 1 unspecified atom stereocenters. The number of carboxylic acids is 1. The highest BCUT2D eigenvalue weighted by atomic mass is 16.5. The van der Waals surface area contributed by atoms with Crippen molar-refractivity contribution in [2.75, 3.05) is 6.61 Å². The van der Waals surface area contributed by atoms with Crippen molar-refractivity contribution in [2.24, 2.45) is 5.73 Å². The van der Waals surface area contributed by atoms with Crippen LogP contribution in [0.5, 0.6) is 5.75 Å². The Kier molecular flexibility index (Phi) is 2.92. The van der Waals surface area contributed by atoms with E-state index in [9.17, 15) is 4.79 Å². The molecule has 0 amide bonds. The fraction of sp³-hybridized carbons (Fsp3) is 0.250. The minimum absolute atomic E-state index is 0.0721. The zero-order valence-electron chi connectivity index (χ0n) is 8.72. The lowest BCUT2D eigenvalue weighted by molar-refractivity contribution is -0.137. The summed E-state index contributed by atoms with van der Waals surface area (Å²) in [5, 5.41) is 8.66. The van der Waals surface area contributed by atoms with Gasteiger partial charge in [0.25, 0.3) is 0 Å². The van der Waals surface area contributed by atoms with Gasteiger partial charge in [-0.15, -0.1) is 0 Å². The number of para-hydroxylation sites is 1.